The highest BCUT2D eigenvalue weighted by Crippen LogP contribution is 2.31. The fourth-order valence-electron chi connectivity index (χ4n) is 2.81. The van der Waals surface area contributed by atoms with E-state index < -0.39 is 12.4 Å². The monoisotopic (exact) mass is 308 g/mol. The van der Waals surface area contributed by atoms with Crippen molar-refractivity contribution in [2.75, 3.05) is 33.5 Å². The zero-order chi connectivity index (χ0) is 16.4. The maximum Gasteiger partial charge on any atom is 0.180 e. The Kier molecular flexibility index (Phi) is 11.2. The van der Waals surface area contributed by atoms with E-state index >= 15 is 0 Å². The largest absolute Gasteiger partial charge is 0.396 e. The molecule has 0 fully saturated rings. The Morgan fingerprint density at radius 3 is 1.81 bits per heavy atom. The van der Waals surface area contributed by atoms with Gasteiger partial charge >= 0.3 is 0 Å². The van der Waals surface area contributed by atoms with E-state index in [4.69, 9.17) is 14.6 Å². The molecule has 0 aliphatic heterocycles. The zero-order valence-electron chi connectivity index (χ0n) is 13.6. The second-order valence-corrected chi connectivity index (χ2v) is 5.62. The Labute approximate surface area is 127 Å². The first-order chi connectivity index (χ1) is 10.00. The first-order valence-corrected chi connectivity index (χ1v) is 7.62. The van der Waals surface area contributed by atoms with Crippen molar-refractivity contribution in [3.05, 3.63) is 0 Å². The van der Waals surface area contributed by atoms with E-state index in [1.165, 1.54) is 7.11 Å². The van der Waals surface area contributed by atoms with Crippen molar-refractivity contribution in [3.63, 3.8) is 0 Å². The third-order valence-corrected chi connectivity index (χ3v) is 4.57. The number of hydrogen-bond acceptors (Lipinski definition) is 6. The number of rotatable bonds is 12. The first kappa shape index (κ1) is 20.8. The van der Waals surface area contributed by atoms with Gasteiger partial charge in [0.1, 0.15) is 0 Å². The van der Waals surface area contributed by atoms with Crippen LogP contribution in [0.3, 0.4) is 0 Å². The Morgan fingerprint density at radius 2 is 1.48 bits per heavy atom. The standard InChI is InChI=1S/C15H32O6/c1-5-12(6-16)10(2)13(7-17)11(3)14(8-18)21-15(9-19)20-4/h10-19H,5-9H2,1-4H3. The fraction of sp³-hybridized carbons (Fsp3) is 1.00. The van der Waals surface area contributed by atoms with Crippen molar-refractivity contribution in [2.24, 2.45) is 23.7 Å². The second-order valence-electron chi connectivity index (χ2n) is 5.62. The molecule has 0 aromatic carbocycles. The highest BCUT2D eigenvalue weighted by molar-refractivity contribution is 4.81. The number of ether oxygens (including phenoxy) is 2. The maximum atomic E-state index is 9.70. The van der Waals surface area contributed by atoms with Gasteiger partial charge < -0.3 is 29.9 Å². The molecule has 0 saturated carbocycles. The van der Waals surface area contributed by atoms with Gasteiger partial charge in [-0.15, -0.1) is 0 Å². The summed E-state index contributed by atoms with van der Waals surface area (Å²) >= 11 is 0. The summed E-state index contributed by atoms with van der Waals surface area (Å²) in [5, 5.41) is 37.8. The van der Waals surface area contributed by atoms with E-state index in [0.29, 0.717) is 0 Å². The predicted octanol–water partition coefficient (Wildman–Crippen LogP) is 0.228. The number of aliphatic hydroxyl groups excluding tert-OH is 4. The van der Waals surface area contributed by atoms with Gasteiger partial charge in [0.05, 0.1) is 19.3 Å². The summed E-state index contributed by atoms with van der Waals surface area (Å²) < 4.78 is 10.5. The molecule has 0 amide bonds. The molecule has 0 heterocycles. The van der Waals surface area contributed by atoms with E-state index in [-0.39, 0.29) is 50.1 Å². The van der Waals surface area contributed by atoms with Crippen LogP contribution in [0.15, 0.2) is 0 Å². The first-order valence-electron chi connectivity index (χ1n) is 7.62. The molecule has 6 nitrogen and oxygen atoms in total. The summed E-state index contributed by atoms with van der Waals surface area (Å²) in [7, 11) is 1.42. The molecule has 0 saturated heterocycles. The van der Waals surface area contributed by atoms with Crippen molar-refractivity contribution in [2.45, 2.75) is 39.6 Å². The van der Waals surface area contributed by atoms with Crippen LogP contribution in [-0.2, 0) is 9.47 Å². The van der Waals surface area contributed by atoms with E-state index in [2.05, 4.69) is 0 Å². The molecular formula is C15H32O6. The topological polar surface area (TPSA) is 99.4 Å². The van der Waals surface area contributed by atoms with Crippen molar-refractivity contribution < 1.29 is 29.9 Å². The molecule has 128 valence electrons. The van der Waals surface area contributed by atoms with Crippen molar-refractivity contribution >= 4 is 0 Å². The molecule has 0 aromatic rings. The van der Waals surface area contributed by atoms with Gasteiger partial charge in [-0.1, -0.05) is 27.2 Å². The smallest absolute Gasteiger partial charge is 0.180 e. The van der Waals surface area contributed by atoms with Crippen LogP contribution in [-0.4, -0.2) is 66.4 Å². The molecule has 6 heteroatoms. The van der Waals surface area contributed by atoms with Gasteiger partial charge in [0.2, 0.25) is 0 Å². The SMILES string of the molecule is CCC(CO)C(C)C(CO)C(C)C(CO)OC(CO)OC. The molecule has 0 radical (unpaired) electrons. The number of hydrogen-bond donors (Lipinski definition) is 4. The molecule has 6 atom stereocenters. The molecule has 0 aliphatic carbocycles. The van der Waals surface area contributed by atoms with Crippen LogP contribution >= 0.6 is 0 Å². The van der Waals surface area contributed by atoms with Crippen LogP contribution < -0.4 is 0 Å². The van der Waals surface area contributed by atoms with Gasteiger partial charge in [0.15, 0.2) is 6.29 Å². The van der Waals surface area contributed by atoms with Gasteiger partial charge in [-0.3, -0.25) is 0 Å². The summed E-state index contributed by atoms with van der Waals surface area (Å²) in [6, 6.07) is 0. The normalized spacial score (nSPS) is 20.6. The summed E-state index contributed by atoms with van der Waals surface area (Å²) in [4.78, 5) is 0. The molecule has 0 rings (SSSR count). The minimum Gasteiger partial charge on any atom is -0.396 e. The highest BCUT2D eigenvalue weighted by Gasteiger charge is 2.33. The number of methoxy groups -OCH3 is 1. The van der Waals surface area contributed by atoms with Crippen LogP contribution in [0.2, 0.25) is 0 Å². The second kappa shape index (κ2) is 11.3. The van der Waals surface area contributed by atoms with Crippen LogP contribution in [0, 0.1) is 23.7 Å². The predicted molar refractivity (Wildman–Crippen MR) is 79.6 cm³/mol. The molecule has 21 heavy (non-hydrogen) atoms. The van der Waals surface area contributed by atoms with Crippen LogP contribution in [0.4, 0.5) is 0 Å². The van der Waals surface area contributed by atoms with Crippen LogP contribution in [0.1, 0.15) is 27.2 Å². The Morgan fingerprint density at radius 1 is 0.857 bits per heavy atom. The van der Waals surface area contributed by atoms with E-state index in [1.54, 1.807) is 0 Å². The molecule has 4 N–H and O–H groups in total. The van der Waals surface area contributed by atoms with Crippen molar-refractivity contribution in [1.82, 2.24) is 0 Å². The van der Waals surface area contributed by atoms with Crippen LogP contribution in [0.25, 0.3) is 0 Å². The maximum absolute atomic E-state index is 9.70. The van der Waals surface area contributed by atoms with Gasteiger partial charge in [0, 0.05) is 20.3 Å². The Balaban J connectivity index is 4.89. The lowest BCUT2D eigenvalue weighted by Gasteiger charge is -2.36. The summed E-state index contributed by atoms with van der Waals surface area (Å²) in [6.45, 7) is 5.40. The molecule has 6 unspecified atom stereocenters. The summed E-state index contributed by atoms with van der Waals surface area (Å²) in [5.41, 5.74) is 0. The average molecular weight is 308 g/mol. The Hall–Kier alpha value is -0.240. The van der Waals surface area contributed by atoms with E-state index in [1.807, 2.05) is 20.8 Å². The summed E-state index contributed by atoms with van der Waals surface area (Å²) in [6.07, 6.45) is -0.514. The third kappa shape index (κ3) is 6.18. The average Bonchev–Trinajstić information content (AvgIpc) is 2.50. The fourth-order valence-corrected chi connectivity index (χ4v) is 2.81. The van der Waals surface area contributed by atoms with Gasteiger partial charge in [-0.25, -0.2) is 0 Å². The Bertz CT molecular complexity index is 242. The summed E-state index contributed by atoms with van der Waals surface area (Å²) in [5.74, 6) is -0.0666. The molecule has 0 aromatic heterocycles. The zero-order valence-corrected chi connectivity index (χ0v) is 13.6. The highest BCUT2D eigenvalue weighted by atomic mass is 16.7. The number of aliphatic hydroxyl groups is 4. The molecular weight excluding hydrogens is 276 g/mol. The van der Waals surface area contributed by atoms with Gasteiger partial charge in [0.25, 0.3) is 0 Å². The van der Waals surface area contributed by atoms with Crippen molar-refractivity contribution in [1.29, 1.82) is 0 Å². The minimum atomic E-state index is -0.793. The van der Waals surface area contributed by atoms with Crippen molar-refractivity contribution in [3.8, 4) is 0 Å². The molecule has 0 bridgehead atoms. The minimum absolute atomic E-state index is 0.0462. The lowest BCUT2D eigenvalue weighted by Crippen LogP contribution is -2.41. The van der Waals surface area contributed by atoms with Crippen LogP contribution in [0.5, 0.6) is 0 Å². The lowest BCUT2D eigenvalue weighted by atomic mass is 9.74. The quantitative estimate of drug-likeness (QED) is 0.385. The van der Waals surface area contributed by atoms with Gasteiger partial charge in [-0.2, -0.15) is 0 Å². The third-order valence-electron chi connectivity index (χ3n) is 4.57. The molecule has 0 aliphatic rings. The van der Waals surface area contributed by atoms with E-state index in [9.17, 15) is 15.3 Å². The lowest BCUT2D eigenvalue weighted by molar-refractivity contribution is -0.199. The van der Waals surface area contributed by atoms with Gasteiger partial charge in [-0.05, 0) is 23.7 Å². The molecule has 0 spiro atoms. The van der Waals surface area contributed by atoms with E-state index in [0.717, 1.165) is 6.42 Å².